The summed E-state index contributed by atoms with van der Waals surface area (Å²) in [5, 5.41) is 8.71. The van der Waals surface area contributed by atoms with Crippen LogP contribution in [0.4, 0.5) is 0 Å². The molecule has 6 rings (SSSR count). The maximum atomic E-state index is 2.61. The largest absolute Gasteiger partial charge is 4.00 e. The Morgan fingerprint density at radius 2 is 0.720 bits per heavy atom. The molecule has 260 valence electrons. The second-order valence-corrected chi connectivity index (χ2v) is 20.5. The van der Waals surface area contributed by atoms with Gasteiger partial charge in [0.1, 0.15) is 0 Å². The van der Waals surface area contributed by atoms with Crippen LogP contribution in [-0.4, -0.2) is 8.07 Å². The Morgan fingerprint density at radius 3 is 1.00 bits per heavy atom. The standard InChI is InChI=1S/C46H54Si.2CH3.Hf/c1-25(2)47(26(3)4,39-21-37-17-15-19-41(43(37)23-39)45-33(11)29(7)27(5)30(8)34(45)12)40-22-38-18-16-20-42(44(38)24-40)46-35(13)31(9)28(6)32(10)36(46)14;;;/h15-26H,1-14H3;2*1H3;/q-2;2*-1;+4. The van der Waals surface area contributed by atoms with Crippen LogP contribution in [0.5, 0.6) is 0 Å². The molecule has 0 aliphatic carbocycles. The first-order valence-corrected chi connectivity index (χ1v) is 19.8. The number of hydrogen-bond donors (Lipinski definition) is 0. The molecule has 6 aromatic carbocycles. The third-order valence-electron chi connectivity index (χ3n) is 12.8. The van der Waals surface area contributed by atoms with Gasteiger partial charge in [0.2, 0.25) is 0 Å². The molecule has 0 radical (unpaired) electrons. The minimum atomic E-state index is -2.23. The Kier molecular flexibility index (Phi) is 12.5. The summed E-state index contributed by atoms with van der Waals surface area (Å²) in [6.07, 6.45) is 0. The summed E-state index contributed by atoms with van der Waals surface area (Å²) < 4.78 is 0. The van der Waals surface area contributed by atoms with E-state index in [1.54, 1.807) is 10.4 Å². The van der Waals surface area contributed by atoms with Gasteiger partial charge in [0.15, 0.2) is 0 Å². The topological polar surface area (TPSA) is 0 Å². The zero-order chi connectivity index (χ0) is 34.3. The van der Waals surface area contributed by atoms with Gasteiger partial charge in [-0.2, -0.15) is 12.1 Å². The van der Waals surface area contributed by atoms with Crippen LogP contribution in [0.3, 0.4) is 0 Å². The fourth-order valence-electron chi connectivity index (χ4n) is 9.36. The van der Waals surface area contributed by atoms with E-state index in [9.17, 15) is 0 Å². The van der Waals surface area contributed by atoms with E-state index in [4.69, 9.17) is 0 Å². The molecule has 0 aliphatic rings. The van der Waals surface area contributed by atoms with Crippen molar-refractivity contribution in [3.63, 3.8) is 0 Å². The van der Waals surface area contributed by atoms with Crippen molar-refractivity contribution in [1.82, 2.24) is 0 Å². The molecule has 0 unspecified atom stereocenters. The fourth-order valence-corrected chi connectivity index (χ4v) is 15.2. The minimum Gasteiger partial charge on any atom is -0.358 e. The van der Waals surface area contributed by atoms with Crippen LogP contribution in [0.15, 0.2) is 60.7 Å². The number of hydrogen-bond acceptors (Lipinski definition) is 0. The predicted molar refractivity (Wildman–Crippen MR) is 225 cm³/mol. The van der Waals surface area contributed by atoms with Crippen LogP contribution in [0.25, 0.3) is 43.8 Å². The summed E-state index contributed by atoms with van der Waals surface area (Å²) in [5.41, 5.74) is 20.9. The molecule has 0 spiro atoms. The zero-order valence-corrected chi connectivity index (χ0v) is 38.5. The van der Waals surface area contributed by atoms with Gasteiger partial charge in [0.05, 0.1) is 8.07 Å². The molecule has 2 heteroatoms. The van der Waals surface area contributed by atoms with Gasteiger partial charge < -0.3 is 14.9 Å². The first-order valence-electron chi connectivity index (χ1n) is 17.7. The summed E-state index contributed by atoms with van der Waals surface area (Å²) in [6, 6.07) is 24.3. The van der Waals surface area contributed by atoms with Gasteiger partial charge in [-0.15, -0.1) is 68.3 Å². The van der Waals surface area contributed by atoms with E-state index >= 15 is 0 Å². The van der Waals surface area contributed by atoms with Gasteiger partial charge in [-0.1, -0.05) is 51.0 Å². The van der Waals surface area contributed by atoms with E-state index in [1.807, 2.05) is 0 Å². The molecule has 0 aliphatic heterocycles. The van der Waals surface area contributed by atoms with Crippen molar-refractivity contribution in [3.05, 3.63) is 131 Å². The molecule has 0 atom stereocenters. The van der Waals surface area contributed by atoms with E-state index in [2.05, 4.69) is 158 Å². The summed E-state index contributed by atoms with van der Waals surface area (Å²) in [6.45, 7) is 33.0. The van der Waals surface area contributed by atoms with E-state index in [0.29, 0.717) is 11.1 Å². The SMILES string of the molecule is Cc1c(C)c(C)c(-c2cccc3[cH-]c([Si](c4cc5c(-c6c(C)c(C)c(C)c(C)c6C)cccc5[cH-]4)(C(C)C)C(C)C)cc23)c(C)c1C.[CH3-].[CH3-].[Hf+4]. The monoisotopic (exact) mass is 844 g/mol. The van der Waals surface area contributed by atoms with Gasteiger partial charge >= 0.3 is 25.8 Å². The van der Waals surface area contributed by atoms with Gasteiger partial charge in [-0.25, -0.2) is 0 Å². The molecule has 0 amide bonds. The van der Waals surface area contributed by atoms with E-state index in [1.165, 1.54) is 99.4 Å². The van der Waals surface area contributed by atoms with Crippen LogP contribution >= 0.6 is 0 Å². The molecule has 0 fully saturated rings. The summed E-state index contributed by atoms with van der Waals surface area (Å²) in [5.74, 6) is 0. The zero-order valence-electron chi connectivity index (χ0n) is 33.9. The smallest absolute Gasteiger partial charge is 0.358 e. The molecule has 0 bridgehead atoms. The van der Waals surface area contributed by atoms with Crippen LogP contribution in [-0.2, 0) is 25.8 Å². The molecule has 0 saturated carbocycles. The van der Waals surface area contributed by atoms with Crippen LogP contribution in [0.2, 0.25) is 11.1 Å². The Balaban J connectivity index is 0.00000225. The van der Waals surface area contributed by atoms with Gasteiger partial charge in [-0.05, 0) is 147 Å². The van der Waals surface area contributed by atoms with Crippen molar-refractivity contribution in [2.75, 3.05) is 0 Å². The molecule has 6 aromatic rings. The van der Waals surface area contributed by atoms with Gasteiger partial charge in [0.25, 0.3) is 0 Å². The van der Waals surface area contributed by atoms with Crippen LogP contribution in [0, 0.1) is 84.1 Å². The number of benzene rings is 4. The summed E-state index contributed by atoms with van der Waals surface area (Å²) in [4.78, 5) is 0. The van der Waals surface area contributed by atoms with Crippen molar-refractivity contribution in [2.24, 2.45) is 0 Å². The van der Waals surface area contributed by atoms with E-state index in [-0.39, 0.29) is 40.7 Å². The molecule has 50 heavy (non-hydrogen) atoms. The van der Waals surface area contributed by atoms with Gasteiger partial charge in [-0.3, -0.25) is 0 Å². The maximum absolute atomic E-state index is 2.61. The Bertz CT molecular complexity index is 1980. The quantitative estimate of drug-likeness (QED) is 0.116. The fraction of sp³-hybridized carbons (Fsp3) is 0.333. The first-order chi connectivity index (χ1) is 22.1. The van der Waals surface area contributed by atoms with Gasteiger partial charge in [0, 0.05) is 0 Å². The van der Waals surface area contributed by atoms with Crippen molar-refractivity contribution >= 4 is 40.0 Å². The van der Waals surface area contributed by atoms with E-state index < -0.39 is 8.07 Å². The van der Waals surface area contributed by atoms with E-state index in [0.717, 1.165) is 0 Å². The van der Waals surface area contributed by atoms with Crippen LogP contribution in [0.1, 0.15) is 83.3 Å². The third kappa shape index (κ3) is 6.01. The molecular weight excluding hydrogens is 783 g/mol. The molecule has 0 aromatic heterocycles. The number of rotatable bonds is 6. The minimum absolute atomic E-state index is 0. The molecule has 0 N–H and O–H groups in total. The first kappa shape index (κ1) is 41.6. The third-order valence-corrected chi connectivity index (χ3v) is 18.9. The summed E-state index contributed by atoms with van der Waals surface area (Å²) in [7, 11) is -2.23. The molecule has 0 heterocycles. The molecule has 0 saturated heterocycles. The Hall–Kier alpha value is -2.81. The van der Waals surface area contributed by atoms with Crippen molar-refractivity contribution in [2.45, 2.75) is 108 Å². The molecular formula is C48H60HfSi. The maximum Gasteiger partial charge on any atom is 4.00 e. The van der Waals surface area contributed by atoms with Crippen LogP contribution < -0.4 is 10.4 Å². The number of fused-ring (bicyclic) bond motifs is 2. The normalized spacial score (nSPS) is 11.7. The predicted octanol–water partition coefficient (Wildman–Crippen LogP) is 13.1. The second-order valence-electron chi connectivity index (χ2n) is 15.3. The average molecular weight is 844 g/mol. The molecule has 0 nitrogen and oxygen atoms in total. The van der Waals surface area contributed by atoms with Crippen molar-refractivity contribution in [3.8, 4) is 22.3 Å². The summed E-state index contributed by atoms with van der Waals surface area (Å²) >= 11 is 0. The Labute approximate surface area is 325 Å². The Morgan fingerprint density at radius 1 is 0.440 bits per heavy atom. The second kappa shape index (κ2) is 15.0. The van der Waals surface area contributed by atoms with Crippen molar-refractivity contribution < 1.29 is 25.8 Å². The van der Waals surface area contributed by atoms with Crippen molar-refractivity contribution in [1.29, 1.82) is 0 Å². The average Bonchev–Trinajstić information content (AvgIpc) is 3.67.